The molecule has 0 spiro atoms. The zero-order valence-electron chi connectivity index (χ0n) is 22.8. The lowest BCUT2D eigenvalue weighted by Crippen LogP contribution is -2.53. The van der Waals surface area contributed by atoms with Crippen molar-refractivity contribution in [1.29, 1.82) is 5.26 Å². The van der Waals surface area contributed by atoms with E-state index in [0.717, 1.165) is 35.1 Å². The van der Waals surface area contributed by atoms with E-state index in [1.54, 1.807) is 23.8 Å². The summed E-state index contributed by atoms with van der Waals surface area (Å²) in [5, 5.41) is 26.7. The number of hydrogen-bond donors (Lipinski definition) is 2. The van der Waals surface area contributed by atoms with Crippen LogP contribution in [-0.2, 0) is 0 Å². The van der Waals surface area contributed by atoms with Crippen molar-refractivity contribution in [3.8, 4) is 23.1 Å². The SMILES string of the molecule is CC(O)CCOc1nn2cccc(-c3ccc(N4CCC(C)(NC(=O)c5cc(F)ccc5F)CC4)nc3)c2c1C#N. The molecule has 1 amide bonds. The number of aromatic nitrogens is 3. The number of benzene rings is 1. The van der Waals surface area contributed by atoms with Gasteiger partial charge in [-0.3, -0.25) is 4.79 Å². The average Bonchev–Trinajstić information content (AvgIpc) is 3.32. The molecule has 5 rings (SSSR count). The van der Waals surface area contributed by atoms with Crippen molar-refractivity contribution < 1.29 is 23.4 Å². The third-order valence-corrected chi connectivity index (χ3v) is 7.35. The van der Waals surface area contributed by atoms with Gasteiger partial charge in [-0.05, 0) is 63.1 Å². The third-order valence-electron chi connectivity index (χ3n) is 7.35. The molecule has 9 nitrogen and oxygen atoms in total. The van der Waals surface area contributed by atoms with Crippen LogP contribution in [0.3, 0.4) is 0 Å². The number of carbonyl (C=O) groups excluding carboxylic acids is 1. The summed E-state index contributed by atoms with van der Waals surface area (Å²) in [6.45, 7) is 5.03. The van der Waals surface area contributed by atoms with Gasteiger partial charge in [-0.1, -0.05) is 6.07 Å². The molecule has 2 N–H and O–H groups in total. The fraction of sp³-hybridized carbons (Fsp3) is 0.333. The largest absolute Gasteiger partial charge is 0.476 e. The second kappa shape index (κ2) is 11.5. The number of piperidine rings is 1. The summed E-state index contributed by atoms with van der Waals surface area (Å²) in [6.07, 6.45) is 4.58. The molecule has 1 aromatic carbocycles. The summed E-state index contributed by atoms with van der Waals surface area (Å²) >= 11 is 0. The first-order valence-electron chi connectivity index (χ1n) is 13.4. The Bertz CT molecular complexity index is 1610. The van der Waals surface area contributed by atoms with E-state index in [2.05, 4.69) is 26.4 Å². The van der Waals surface area contributed by atoms with Gasteiger partial charge >= 0.3 is 0 Å². The summed E-state index contributed by atoms with van der Waals surface area (Å²) in [5.41, 5.74) is 1.61. The number of hydrogen-bond acceptors (Lipinski definition) is 7. The average molecular weight is 561 g/mol. The standard InChI is InChI=1S/C30H30F2N6O3/c1-19(39)9-15-41-29-24(17-33)27-22(4-3-12-38(27)36-29)20-5-8-26(34-18-20)37-13-10-30(2,11-14-37)35-28(40)23-16-21(31)6-7-25(23)32/h3-8,12,16,18-19,39H,9-11,13-15H2,1-2H3,(H,35,40). The maximum absolute atomic E-state index is 14.1. The van der Waals surface area contributed by atoms with E-state index in [1.807, 2.05) is 31.2 Å². The number of anilines is 1. The summed E-state index contributed by atoms with van der Waals surface area (Å²) in [6, 6.07) is 12.6. The van der Waals surface area contributed by atoms with Crippen molar-refractivity contribution in [2.24, 2.45) is 0 Å². The van der Waals surface area contributed by atoms with Crippen molar-refractivity contribution >= 4 is 17.2 Å². The van der Waals surface area contributed by atoms with E-state index in [0.29, 0.717) is 43.4 Å². The predicted molar refractivity (Wildman–Crippen MR) is 149 cm³/mol. The van der Waals surface area contributed by atoms with Gasteiger partial charge in [-0.25, -0.2) is 18.3 Å². The van der Waals surface area contributed by atoms with Crippen LogP contribution in [0, 0.1) is 23.0 Å². The van der Waals surface area contributed by atoms with E-state index in [-0.39, 0.29) is 18.1 Å². The van der Waals surface area contributed by atoms with Gasteiger partial charge in [0.05, 0.1) is 23.8 Å². The number of halogens is 2. The summed E-state index contributed by atoms with van der Waals surface area (Å²) in [5.74, 6) is -1.08. The Labute approximate surface area is 236 Å². The predicted octanol–water partition coefficient (Wildman–Crippen LogP) is 4.48. The Morgan fingerprint density at radius 1 is 1.24 bits per heavy atom. The molecule has 1 unspecified atom stereocenters. The quantitative estimate of drug-likeness (QED) is 0.326. The van der Waals surface area contributed by atoms with Gasteiger partial charge in [-0.2, -0.15) is 5.26 Å². The molecule has 4 heterocycles. The highest BCUT2D eigenvalue weighted by Crippen LogP contribution is 2.32. The van der Waals surface area contributed by atoms with Crippen molar-refractivity contribution in [3.05, 3.63) is 77.6 Å². The van der Waals surface area contributed by atoms with Crippen LogP contribution in [0.15, 0.2) is 54.9 Å². The minimum Gasteiger partial charge on any atom is -0.476 e. The number of rotatable bonds is 8. The summed E-state index contributed by atoms with van der Waals surface area (Å²) < 4.78 is 34.9. The Morgan fingerprint density at radius 2 is 2.02 bits per heavy atom. The second-order valence-electron chi connectivity index (χ2n) is 10.5. The van der Waals surface area contributed by atoms with Gasteiger partial charge in [0.1, 0.15) is 29.1 Å². The van der Waals surface area contributed by atoms with Crippen LogP contribution in [0.5, 0.6) is 5.88 Å². The molecule has 1 aliphatic rings. The molecule has 1 atom stereocenters. The van der Waals surface area contributed by atoms with Gasteiger partial charge in [0.25, 0.3) is 11.8 Å². The van der Waals surface area contributed by atoms with Gasteiger partial charge in [-0.15, -0.1) is 5.10 Å². The molecule has 0 bridgehead atoms. The molecule has 212 valence electrons. The Morgan fingerprint density at radius 3 is 2.71 bits per heavy atom. The molecule has 1 fully saturated rings. The van der Waals surface area contributed by atoms with Crippen molar-refractivity contribution in [2.45, 2.75) is 44.8 Å². The number of aliphatic hydroxyl groups excluding tert-OH is 1. The molecule has 4 aromatic rings. The molecule has 1 aliphatic heterocycles. The number of nitrogens with one attached hydrogen (secondary N) is 1. The van der Waals surface area contributed by atoms with Crippen molar-refractivity contribution in [3.63, 3.8) is 0 Å². The Balaban J connectivity index is 1.29. The van der Waals surface area contributed by atoms with Crippen LogP contribution < -0.4 is 15.0 Å². The number of aliphatic hydroxyl groups is 1. The van der Waals surface area contributed by atoms with E-state index in [4.69, 9.17) is 4.74 Å². The van der Waals surface area contributed by atoms with E-state index in [1.165, 1.54) is 0 Å². The van der Waals surface area contributed by atoms with Gasteiger partial charge in [0.15, 0.2) is 0 Å². The molecule has 11 heteroatoms. The zero-order chi connectivity index (χ0) is 29.1. The minimum absolute atomic E-state index is 0.216. The van der Waals surface area contributed by atoms with Crippen molar-refractivity contribution in [1.82, 2.24) is 19.9 Å². The highest BCUT2D eigenvalue weighted by Gasteiger charge is 2.33. The van der Waals surface area contributed by atoms with Crippen molar-refractivity contribution in [2.75, 3.05) is 24.6 Å². The molecular formula is C30H30F2N6O3. The van der Waals surface area contributed by atoms with E-state index in [9.17, 15) is 23.9 Å². The topological polar surface area (TPSA) is 116 Å². The minimum atomic E-state index is -0.761. The number of amides is 1. The summed E-state index contributed by atoms with van der Waals surface area (Å²) in [4.78, 5) is 19.4. The van der Waals surface area contributed by atoms with Crippen LogP contribution in [0.2, 0.25) is 0 Å². The van der Waals surface area contributed by atoms with Gasteiger partial charge in [0.2, 0.25) is 0 Å². The lowest BCUT2D eigenvalue weighted by Gasteiger charge is -2.40. The van der Waals surface area contributed by atoms with Crippen LogP contribution in [0.4, 0.5) is 14.6 Å². The van der Waals surface area contributed by atoms with Gasteiger partial charge in [0, 0.05) is 48.6 Å². The van der Waals surface area contributed by atoms with Crippen LogP contribution in [0.25, 0.3) is 16.6 Å². The number of carbonyl (C=O) groups is 1. The molecule has 1 saturated heterocycles. The molecule has 0 radical (unpaired) electrons. The molecule has 41 heavy (non-hydrogen) atoms. The van der Waals surface area contributed by atoms with Crippen LogP contribution in [-0.4, -0.2) is 57.0 Å². The first kappa shape index (κ1) is 28.0. The zero-order valence-corrected chi connectivity index (χ0v) is 22.8. The highest BCUT2D eigenvalue weighted by molar-refractivity contribution is 5.95. The number of nitriles is 1. The van der Waals surface area contributed by atoms with Crippen LogP contribution in [0.1, 0.15) is 49.0 Å². The van der Waals surface area contributed by atoms with E-state index >= 15 is 0 Å². The Hall–Kier alpha value is -4.56. The monoisotopic (exact) mass is 560 g/mol. The lowest BCUT2D eigenvalue weighted by atomic mass is 9.89. The maximum Gasteiger partial charge on any atom is 0.254 e. The first-order valence-corrected chi connectivity index (χ1v) is 13.4. The Kier molecular flexibility index (Phi) is 7.85. The van der Waals surface area contributed by atoms with Crippen LogP contribution >= 0.6 is 0 Å². The fourth-order valence-corrected chi connectivity index (χ4v) is 4.94. The second-order valence-corrected chi connectivity index (χ2v) is 10.5. The number of nitrogens with zero attached hydrogens (tertiary/aromatic N) is 5. The normalized spacial score (nSPS) is 15.4. The lowest BCUT2D eigenvalue weighted by molar-refractivity contribution is 0.0886. The molecule has 0 aliphatic carbocycles. The number of pyridine rings is 2. The molecule has 3 aromatic heterocycles. The maximum atomic E-state index is 14.1. The third kappa shape index (κ3) is 5.98. The summed E-state index contributed by atoms with van der Waals surface area (Å²) in [7, 11) is 0. The number of fused-ring (bicyclic) bond motifs is 1. The van der Waals surface area contributed by atoms with Gasteiger partial charge < -0.3 is 20.1 Å². The number of ether oxygens (including phenoxy) is 1. The fourth-order valence-electron chi connectivity index (χ4n) is 4.94. The molecule has 0 saturated carbocycles. The highest BCUT2D eigenvalue weighted by atomic mass is 19.1. The smallest absolute Gasteiger partial charge is 0.254 e. The van der Waals surface area contributed by atoms with E-state index < -0.39 is 29.2 Å². The first-order chi connectivity index (χ1) is 19.7. The molecular weight excluding hydrogens is 530 g/mol.